The second-order valence-electron chi connectivity index (χ2n) is 8.04. The van der Waals surface area contributed by atoms with Crippen LogP contribution in [0.3, 0.4) is 0 Å². The molecule has 162 valence electrons. The van der Waals surface area contributed by atoms with Gasteiger partial charge < -0.3 is 14.7 Å². The lowest BCUT2D eigenvalue weighted by Gasteiger charge is -2.39. The summed E-state index contributed by atoms with van der Waals surface area (Å²) in [4.78, 5) is 17.4. The number of carbonyl (C=O) groups excluding carboxylic acids is 1. The fourth-order valence-electron chi connectivity index (χ4n) is 3.94. The number of nitrogens with zero attached hydrogens (tertiary/aromatic N) is 3. The molecular formula is C25H30N4O2. The molecule has 6 nitrogen and oxygen atoms in total. The van der Waals surface area contributed by atoms with Gasteiger partial charge in [0.1, 0.15) is 0 Å². The Balaban J connectivity index is 1.26. The third-order valence-electron chi connectivity index (χ3n) is 6.01. The summed E-state index contributed by atoms with van der Waals surface area (Å²) in [5.41, 5.74) is 3.78. The highest BCUT2D eigenvalue weighted by Gasteiger charge is 2.22. The van der Waals surface area contributed by atoms with Crippen LogP contribution in [0.2, 0.25) is 0 Å². The van der Waals surface area contributed by atoms with Crippen molar-refractivity contribution >= 4 is 11.6 Å². The fraction of sp³-hybridized carbons (Fsp3) is 0.360. The highest BCUT2D eigenvalue weighted by Crippen LogP contribution is 2.21. The van der Waals surface area contributed by atoms with Gasteiger partial charge in [-0.3, -0.25) is 9.69 Å². The molecule has 0 bridgehead atoms. The molecule has 1 unspecified atom stereocenters. The third kappa shape index (κ3) is 5.14. The van der Waals surface area contributed by atoms with E-state index in [1.807, 2.05) is 18.2 Å². The van der Waals surface area contributed by atoms with E-state index in [-0.39, 0.29) is 11.9 Å². The summed E-state index contributed by atoms with van der Waals surface area (Å²) >= 11 is 0. The van der Waals surface area contributed by atoms with Gasteiger partial charge in [0, 0.05) is 56.1 Å². The number of rotatable bonds is 7. The topological polar surface area (TPSA) is 61.6 Å². The van der Waals surface area contributed by atoms with Crippen molar-refractivity contribution in [1.29, 1.82) is 0 Å². The molecule has 1 aliphatic heterocycles. The van der Waals surface area contributed by atoms with Crippen LogP contribution in [-0.2, 0) is 6.42 Å². The van der Waals surface area contributed by atoms with Crippen molar-refractivity contribution in [3.63, 3.8) is 0 Å². The van der Waals surface area contributed by atoms with Crippen LogP contribution < -0.4 is 10.2 Å². The zero-order valence-corrected chi connectivity index (χ0v) is 18.3. The van der Waals surface area contributed by atoms with Crippen molar-refractivity contribution in [1.82, 2.24) is 15.4 Å². The van der Waals surface area contributed by atoms with Gasteiger partial charge in [0.15, 0.2) is 11.5 Å². The molecule has 1 N–H and O–H groups in total. The van der Waals surface area contributed by atoms with E-state index in [0.29, 0.717) is 18.0 Å². The fourth-order valence-corrected chi connectivity index (χ4v) is 3.94. The minimum absolute atomic E-state index is 0.199. The Labute approximate surface area is 183 Å². The maximum absolute atomic E-state index is 12.6. The minimum Gasteiger partial charge on any atom is -0.369 e. The van der Waals surface area contributed by atoms with E-state index in [2.05, 4.69) is 70.5 Å². The molecule has 4 rings (SSSR count). The molecule has 2 heterocycles. The molecule has 1 fully saturated rings. The highest BCUT2D eigenvalue weighted by molar-refractivity contribution is 5.93. The van der Waals surface area contributed by atoms with Crippen molar-refractivity contribution in [3.05, 3.63) is 71.9 Å². The van der Waals surface area contributed by atoms with Crippen LogP contribution in [0.25, 0.3) is 11.3 Å². The first-order chi connectivity index (χ1) is 15.1. The number of piperazine rings is 1. The summed E-state index contributed by atoms with van der Waals surface area (Å²) in [5.74, 6) is 0.410. The van der Waals surface area contributed by atoms with Gasteiger partial charge in [-0.05, 0) is 31.0 Å². The molecule has 1 amide bonds. The zero-order valence-electron chi connectivity index (χ0n) is 18.3. The van der Waals surface area contributed by atoms with Gasteiger partial charge in [-0.25, -0.2) is 0 Å². The summed E-state index contributed by atoms with van der Waals surface area (Å²) in [7, 11) is 0. The molecule has 6 heteroatoms. The third-order valence-corrected chi connectivity index (χ3v) is 6.01. The van der Waals surface area contributed by atoms with Crippen molar-refractivity contribution in [2.75, 3.05) is 37.6 Å². The first kappa shape index (κ1) is 21.1. The standard InChI is InChI=1S/C25H30N4O2/c1-3-20-9-11-21(12-10-20)24-17-23(27-31-24)25(30)26-18-19(2)28-13-15-29(16-14-28)22-7-5-4-6-8-22/h4-12,17,19H,3,13-16,18H2,1-2H3,(H,26,30). The first-order valence-corrected chi connectivity index (χ1v) is 11.0. The number of carbonyl (C=O) groups is 1. The number of hydrogen-bond acceptors (Lipinski definition) is 5. The van der Waals surface area contributed by atoms with Crippen LogP contribution in [0.5, 0.6) is 0 Å². The summed E-state index contributed by atoms with van der Waals surface area (Å²) < 4.78 is 5.40. The monoisotopic (exact) mass is 418 g/mol. The Hall–Kier alpha value is -3.12. The summed E-state index contributed by atoms with van der Waals surface area (Å²) in [6.45, 7) is 8.80. The number of aromatic nitrogens is 1. The quantitative estimate of drug-likeness (QED) is 0.632. The van der Waals surface area contributed by atoms with Crippen LogP contribution in [0, 0.1) is 0 Å². The molecule has 0 radical (unpaired) electrons. The van der Waals surface area contributed by atoms with E-state index in [0.717, 1.165) is 38.2 Å². The molecular weight excluding hydrogens is 388 g/mol. The maximum Gasteiger partial charge on any atom is 0.273 e. The largest absolute Gasteiger partial charge is 0.369 e. The molecule has 2 aromatic carbocycles. The van der Waals surface area contributed by atoms with Crippen LogP contribution in [0.4, 0.5) is 5.69 Å². The first-order valence-electron chi connectivity index (χ1n) is 11.0. The van der Waals surface area contributed by atoms with Gasteiger partial charge in [0.25, 0.3) is 5.91 Å². The number of para-hydroxylation sites is 1. The van der Waals surface area contributed by atoms with E-state index >= 15 is 0 Å². The predicted octanol–water partition coefficient (Wildman–Crippen LogP) is 3.84. The normalized spacial score (nSPS) is 15.6. The molecule has 3 aromatic rings. The molecule has 1 aliphatic rings. The van der Waals surface area contributed by atoms with Gasteiger partial charge in [0.2, 0.25) is 0 Å². The Kier molecular flexibility index (Phi) is 6.67. The average molecular weight is 419 g/mol. The van der Waals surface area contributed by atoms with E-state index in [1.54, 1.807) is 6.07 Å². The Morgan fingerprint density at radius 1 is 1.06 bits per heavy atom. The Bertz CT molecular complexity index is 976. The SMILES string of the molecule is CCc1ccc(-c2cc(C(=O)NCC(C)N3CCN(c4ccccc4)CC3)no2)cc1. The van der Waals surface area contributed by atoms with Crippen molar-refractivity contribution in [2.24, 2.45) is 0 Å². The second kappa shape index (κ2) is 9.79. The lowest BCUT2D eigenvalue weighted by molar-refractivity contribution is 0.0925. The molecule has 31 heavy (non-hydrogen) atoms. The number of nitrogens with one attached hydrogen (secondary N) is 1. The highest BCUT2D eigenvalue weighted by atomic mass is 16.5. The number of anilines is 1. The summed E-state index contributed by atoms with van der Waals surface area (Å²) in [5, 5.41) is 6.97. The Morgan fingerprint density at radius 3 is 2.45 bits per heavy atom. The summed E-state index contributed by atoms with van der Waals surface area (Å²) in [6, 6.07) is 20.6. The zero-order chi connectivity index (χ0) is 21.6. The number of benzene rings is 2. The van der Waals surface area contributed by atoms with E-state index in [1.165, 1.54) is 11.3 Å². The van der Waals surface area contributed by atoms with Crippen LogP contribution in [0.1, 0.15) is 29.9 Å². The van der Waals surface area contributed by atoms with E-state index < -0.39 is 0 Å². The number of aryl methyl sites for hydroxylation is 1. The van der Waals surface area contributed by atoms with Gasteiger partial charge in [-0.15, -0.1) is 0 Å². The lowest BCUT2D eigenvalue weighted by atomic mass is 10.1. The van der Waals surface area contributed by atoms with Gasteiger partial charge in [-0.2, -0.15) is 0 Å². The number of amides is 1. The van der Waals surface area contributed by atoms with Crippen LogP contribution in [0.15, 0.2) is 65.2 Å². The van der Waals surface area contributed by atoms with Gasteiger partial charge >= 0.3 is 0 Å². The average Bonchev–Trinajstić information content (AvgIpc) is 3.33. The second-order valence-corrected chi connectivity index (χ2v) is 8.04. The minimum atomic E-state index is -0.199. The maximum atomic E-state index is 12.6. The lowest BCUT2D eigenvalue weighted by Crippen LogP contribution is -2.52. The Morgan fingerprint density at radius 2 is 1.77 bits per heavy atom. The predicted molar refractivity (Wildman–Crippen MR) is 123 cm³/mol. The van der Waals surface area contributed by atoms with Crippen molar-refractivity contribution < 1.29 is 9.32 Å². The van der Waals surface area contributed by atoms with Crippen LogP contribution in [-0.4, -0.2) is 54.7 Å². The van der Waals surface area contributed by atoms with E-state index in [4.69, 9.17) is 4.52 Å². The molecule has 0 spiro atoms. The smallest absolute Gasteiger partial charge is 0.273 e. The van der Waals surface area contributed by atoms with Crippen molar-refractivity contribution in [3.8, 4) is 11.3 Å². The van der Waals surface area contributed by atoms with E-state index in [9.17, 15) is 4.79 Å². The molecule has 1 saturated heterocycles. The molecule has 1 aromatic heterocycles. The molecule has 0 aliphatic carbocycles. The molecule has 0 saturated carbocycles. The molecule has 1 atom stereocenters. The van der Waals surface area contributed by atoms with Crippen molar-refractivity contribution in [2.45, 2.75) is 26.3 Å². The van der Waals surface area contributed by atoms with Gasteiger partial charge in [-0.1, -0.05) is 54.5 Å². The van der Waals surface area contributed by atoms with Gasteiger partial charge in [0.05, 0.1) is 0 Å². The summed E-state index contributed by atoms with van der Waals surface area (Å²) in [6.07, 6.45) is 0.990. The van der Waals surface area contributed by atoms with Crippen LogP contribution >= 0.6 is 0 Å². The number of hydrogen-bond donors (Lipinski definition) is 1.